The fourth-order valence-corrected chi connectivity index (χ4v) is 5.29. The third-order valence-corrected chi connectivity index (χ3v) is 6.98. The van der Waals surface area contributed by atoms with Crippen molar-refractivity contribution in [3.8, 4) is 0 Å². The Hall–Kier alpha value is -2.11. The van der Waals surface area contributed by atoms with Crippen molar-refractivity contribution >= 4 is 44.1 Å². The van der Waals surface area contributed by atoms with Crippen LogP contribution >= 0.6 is 23.1 Å². The number of nitrogens with zero attached hydrogens (tertiary/aromatic N) is 2. The molecule has 0 saturated carbocycles. The summed E-state index contributed by atoms with van der Waals surface area (Å²) in [5.41, 5.74) is -0.243. The molecule has 0 aliphatic carbocycles. The molecule has 26 heavy (non-hydrogen) atoms. The van der Waals surface area contributed by atoms with Crippen LogP contribution in [0.25, 0.3) is 11.0 Å². The van der Waals surface area contributed by atoms with Gasteiger partial charge in [-0.15, -0.1) is 11.3 Å². The van der Waals surface area contributed by atoms with E-state index >= 15 is 0 Å². The first kappa shape index (κ1) is 17.3. The van der Waals surface area contributed by atoms with Crippen LogP contribution in [-0.4, -0.2) is 28.8 Å². The Morgan fingerprint density at radius 2 is 2.08 bits per heavy atom. The first-order valence-electron chi connectivity index (χ1n) is 7.51. The number of furan rings is 1. The van der Waals surface area contributed by atoms with Crippen molar-refractivity contribution in [3.05, 3.63) is 64.7 Å². The van der Waals surface area contributed by atoms with Gasteiger partial charge in [0.1, 0.15) is 21.5 Å². The number of benzene rings is 1. The second-order valence-corrected chi connectivity index (χ2v) is 8.77. The van der Waals surface area contributed by atoms with Crippen LogP contribution in [0.15, 0.2) is 63.6 Å². The number of thiophene rings is 1. The van der Waals surface area contributed by atoms with Gasteiger partial charge >= 0.3 is 0 Å². The molecule has 2 N–H and O–H groups in total. The molecule has 4 aromatic rings. The Kier molecular flexibility index (Phi) is 4.37. The summed E-state index contributed by atoms with van der Waals surface area (Å²) >= 11 is 2.28. The standard InChI is InChI=1S/C16H13N3O4S3/c20-16(11-6-7-23-9-11,14-5-2-8-24-14)10-17-26(21,22)13-4-1-3-12-15(13)19-25-18-12/h1-9,17,20H,10H2. The highest BCUT2D eigenvalue weighted by Crippen LogP contribution is 2.33. The second kappa shape index (κ2) is 6.56. The maximum atomic E-state index is 12.8. The topological polar surface area (TPSA) is 105 Å². The van der Waals surface area contributed by atoms with Crippen LogP contribution in [-0.2, 0) is 15.6 Å². The van der Waals surface area contributed by atoms with Gasteiger partial charge in [-0.3, -0.25) is 0 Å². The van der Waals surface area contributed by atoms with Gasteiger partial charge in [0.15, 0.2) is 0 Å². The number of nitrogens with one attached hydrogen (secondary N) is 1. The summed E-state index contributed by atoms with van der Waals surface area (Å²) in [4.78, 5) is 0.639. The Morgan fingerprint density at radius 1 is 1.19 bits per heavy atom. The van der Waals surface area contributed by atoms with Crippen molar-refractivity contribution in [1.82, 2.24) is 13.5 Å². The normalized spacial score (nSPS) is 14.5. The molecular formula is C16H13N3O4S3. The van der Waals surface area contributed by atoms with Gasteiger partial charge in [0.2, 0.25) is 10.0 Å². The molecule has 0 bridgehead atoms. The summed E-state index contributed by atoms with van der Waals surface area (Å²) in [5, 5.41) is 13.0. The second-order valence-electron chi connectivity index (χ2n) is 5.56. The Balaban J connectivity index is 1.69. The lowest BCUT2D eigenvalue weighted by molar-refractivity contribution is 0.0892. The summed E-state index contributed by atoms with van der Waals surface area (Å²) in [6, 6.07) is 9.93. The third-order valence-electron chi connectivity index (χ3n) is 3.98. The molecule has 1 aromatic carbocycles. The number of sulfonamides is 1. The van der Waals surface area contributed by atoms with Crippen molar-refractivity contribution in [3.63, 3.8) is 0 Å². The minimum atomic E-state index is -3.90. The van der Waals surface area contributed by atoms with Crippen molar-refractivity contribution in [2.45, 2.75) is 10.5 Å². The Labute approximate surface area is 157 Å². The van der Waals surface area contributed by atoms with Gasteiger partial charge in [0.05, 0.1) is 24.3 Å². The van der Waals surface area contributed by atoms with Crippen molar-refractivity contribution < 1.29 is 17.9 Å². The van der Waals surface area contributed by atoms with E-state index in [0.29, 0.717) is 21.5 Å². The molecule has 3 aromatic heterocycles. The van der Waals surface area contributed by atoms with E-state index in [-0.39, 0.29) is 11.4 Å². The molecule has 4 rings (SSSR count). The molecule has 0 aliphatic rings. The van der Waals surface area contributed by atoms with E-state index in [1.54, 1.807) is 30.3 Å². The summed E-state index contributed by atoms with van der Waals surface area (Å²) in [5.74, 6) is 0. The molecule has 3 heterocycles. The number of hydrogen-bond donors (Lipinski definition) is 2. The van der Waals surface area contributed by atoms with E-state index in [0.717, 1.165) is 11.7 Å². The van der Waals surface area contributed by atoms with Crippen LogP contribution in [0.1, 0.15) is 10.4 Å². The maximum Gasteiger partial charge on any atom is 0.242 e. The maximum absolute atomic E-state index is 12.8. The highest BCUT2D eigenvalue weighted by Gasteiger charge is 2.35. The predicted molar refractivity (Wildman–Crippen MR) is 98.6 cm³/mol. The van der Waals surface area contributed by atoms with Crippen molar-refractivity contribution in [2.24, 2.45) is 0 Å². The summed E-state index contributed by atoms with van der Waals surface area (Å²) in [6.07, 6.45) is 2.84. The summed E-state index contributed by atoms with van der Waals surface area (Å²) < 4.78 is 41.3. The molecule has 10 heteroatoms. The van der Waals surface area contributed by atoms with Crippen LogP contribution in [0.2, 0.25) is 0 Å². The lowest BCUT2D eigenvalue weighted by Crippen LogP contribution is -2.41. The molecule has 0 aliphatic heterocycles. The average molecular weight is 407 g/mol. The highest BCUT2D eigenvalue weighted by molar-refractivity contribution is 7.89. The molecule has 0 fully saturated rings. The molecule has 1 atom stereocenters. The van der Waals surface area contributed by atoms with Crippen molar-refractivity contribution in [1.29, 1.82) is 0 Å². The summed E-state index contributed by atoms with van der Waals surface area (Å²) in [7, 11) is -3.90. The Bertz CT molecular complexity index is 1080. The van der Waals surface area contributed by atoms with E-state index in [1.165, 1.54) is 29.9 Å². The van der Waals surface area contributed by atoms with Gasteiger partial charge in [0.25, 0.3) is 0 Å². The molecule has 134 valence electrons. The zero-order valence-corrected chi connectivity index (χ0v) is 15.6. The molecular weight excluding hydrogens is 394 g/mol. The zero-order valence-electron chi connectivity index (χ0n) is 13.2. The van der Waals surface area contributed by atoms with Gasteiger partial charge in [0, 0.05) is 17.0 Å². The first-order valence-corrected chi connectivity index (χ1v) is 10.6. The summed E-state index contributed by atoms with van der Waals surface area (Å²) in [6.45, 7) is -0.247. The molecule has 7 nitrogen and oxygen atoms in total. The number of fused-ring (bicyclic) bond motifs is 1. The van der Waals surface area contributed by atoms with Crippen molar-refractivity contribution in [2.75, 3.05) is 6.54 Å². The SMILES string of the molecule is O=S(=O)(NCC(O)(c1ccoc1)c1cccs1)c1cccc2nsnc12. The first-order chi connectivity index (χ1) is 12.5. The smallest absolute Gasteiger partial charge is 0.242 e. The lowest BCUT2D eigenvalue weighted by atomic mass is 9.95. The van der Waals surface area contributed by atoms with Crippen LogP contribution in [0.3, 0.4) is 0 Å². The number of aliphatic hydroxyl groups is 1. The van der Waals surface area contributed by atoms with Gasteiger partial charge in [-0.2, -0.15) is 8.75 Å². The third kappa shape index (κ3) is 2.95. The lowest BCUT2D eigenvalue weighted by Gasteiger charge is -2.26. The van der Waals surface area contributed by atoms with Crippen LogP contribution in [0.4, 0.5) is 0 Å². The van der Waals surface area contributed by atoms with E-state index < -0.39 is 15.6 Å². The molecule has 0 saturated heterocycles. The van der Waals surface area contributed by atoms with Crippen LogP contribution < -0.4 is 4.72 Å². The molecule has 0 spiro atoms. The van der Waals surface area contributed by atoms with Gasteiger partial charge in [-0.1, -0.05) is 12.1 Å². The fraction of sp³-hybridized carbons (Fsp3) is 0.125. The Morgan fingerprint density at radius 3 is 2.81 bits per heavy atom. The highest BCUT2D eigenvalue weighted by atomic mass is 32.2. The molecule has 0 radical (unpaired) electrons. The minimum absolute atomic E-state index is 0.0319. The van der Waals surface area contributed by atoms with Gasteiger partial charge in [-0.25, -0.2) is 13.1 Å². The zero-order chi connectivity index (χ0) is 18.2. The number of rotatable bonds is 6. The largest absolute Gasteiger partial charge is 0.472 e. The predicted octanol–water partition coefficient (Wildman–Crippen LogP) is 2.56. The number of hydrogen-bond acceptors (Lipinski definition) is 8. The molecule has 0 amide bonds. The van der Waals surface area contributed by atoms with E-state index in [2.05, 4.69) is 13.5 Å². The van der Waals surface area contributed by atoms with Gasteiger partial charge in [-0.05, 0) is 29.6 Å². The number of aromatic nitrogens is 2. The minimum Gasteiger partial charge on any atom is -0.472 e. The van der Waals surface area contributed by atoms with Crippen LogP contribution in [0.5, 0.6) is 0 Å². The van der Waals surface area contributed by atoms with E-state index in [9.17, 15) is 13.5 Å². The molecule has 1 unspecified atom stereocenters. The van der Waals surface area contributed by atoms with E-state index in [4.69, 9.17) is 4.42 Å². The fourth-order valence-electron chi connectivity index (χ4n) is 2.62. The van der Waals surface area contributed by atoms with Gasteiger partial charge < -0.3 is 9.52 Å². The van der Waals surface area contributed by atoms with E-state index in [1.807, 2.05) is 5.38 Å². The van der Waals surface area contributed by atoms with Crippen LogP contribution in [0, 0.1) is 0 Å². The monoisotopic (exact) mass is 407 g/mol. The average Bonchev–Trinajstić information content (AvgIpc) is 3.41. The quantitative estimate of drug-likeness (QED) is 0.509.